The van der Waals surface area contributed by atoms with E-state index < -0.39 is 23.8 Å². The number of pyridine rings is 1. The molecule has 0 saturated carbocycles. The molecule has 3 aromatic heterocycles. The van der Waals surface area contributed by atoms with E-state index in [0.717, 1.165) is 4.68 Å². The lowest BCUT2D eigenvalue weighted by Crippen LogP contribution is -2.31. The quantitative estimate of drug-likeness (QED) is 0.294. The van der Waals surface area contributed by atoms with Gasteiger partial charge in [-0.15, -0.1) is 10.2 Å². The maximum atomic E-state index is 13.6. The van der Waals surface area contributed by atoms with E-state index in [4.69, 9.17) is 11.6 Å². The molecule has 0 aliphatic carbocycles. The first-order valence-electron chi connectivity index (χ1n) is 12.1. The zero-order chi connectivity index (χ0) is 30.1. The third kappa shape index (κ3) is 6.57. The maximum absolute atomic E-state index is 13.6. The first kappa shape index (κ1) is 29.3. The van der Waals surface area contributed by atoms with E-state index >= 15 is 0 Å². The van der Waals surface area contributed by atoms with E-state index in [1.54, 1.807) is 26.8 Å². The van der Waals surface area contributed by atoms with Crippen molar-refractivity contribution >= 4 is 34.9 Å². The van der Waals surface area contributed by atoms with Crippen LogP contribution >= 0.6 is 11.6 Å². The van der Waals surface area contributed by atoms with E-state index in [0.29, 0.717) is 10.4 Å². The van der Waals surface area contributed by atoms with Crippen molar-refractivity contribution in [3.8, 4) is 5.82 Å². The second-order valence-electron chi connectivity index (χ2n) is 9.24. The van der Waals surface area contributed by atoms with Gasteiger partial charge in [0.15, 0.2) is 11.6 Å². The lowest BCUT2D eigenvalue weighted by atomic mass is 10.00. The van der Waals surface area contributed by atoms with Crippen molar-refractivity contribution in [2.24, 2.45) is 0 Å². The number of halogens is 4. The SMILES string of the molecule is CC(=O)c1cc(C)c(NC(=O)c2cc(Cn3nnc(C(F)(F)F)n3)nn2-c2ncccc2Cl)c(C(=O)NC(C)C)c1. The van der Waals surface area contributed by atoms with Gasteiger partial charge in [0.05, 0.1) is 22.0 Å². The number of aryl methyl sites for hydroxylation is 1. The van der Waals surface area contributed by atoms with E-state index in [9.17, 15) is 27.6 Å². The van der Waals surface area contributed by atoms with Crippen LogP contribution in [0.1, 0.15) is 69.1 Å². The number of ketones is 1. The lowest BCUT2D eigenvalue weighted by Gasteiger charge is -2.17. The first-order chi connectivity index (χ1) is 19.2. The Morgan fingerprint density at radius 3 is 2.44 bits per heavy atom. The Morgan fingerprint density at radius 2 is 1.83 bits per heavy atom. The molecule has 1 aromatic carbocycles. The summed E-state index contributed by atoms with van der Waals surface area (Å²) in [6, 6.07) is 7.07. The number of nitrogens with one attached hydrogen (secondary N) is 2. The van der Waals surface area contributed by atoms with Gasteiger partial charge in [0, 0.05) is 17.8 Å². The summed E-state index contributed by atoms with van der Waals surface area (Å²) in [6.07, 6.45) is -3.38. The first-order valence-corrected chi connectivity index (χ1v) is 12.4. The summed E-state index contributed by atoms with van der Waals surface area (Å²) in [5, 5.41) is 19.6. The van der Waals surface area contributed by atoms with Crippen molar-refractivity contribution in [3.05, 3.63) is 75.5 Å². The largest absolute Gasteiger partial charge is 0.455 e. The van der Waals surface area contributed by atoms with Crippen LogP contribution in [0, 0.1) is 6.92 Å². The minimum atomic E-state index is -4.79. The molecule has 2 N–H and O–H groups in total. The monoisotopic (exact) mass is 589 g/mol. The van der Waals surface area contributed by atoms with E-state index in [-0.39, 0.29) is 57.4 Å². The fourth-order valence-corrected chi connectivity index (χ4v) is 3.99. The zero-order valence-electron chi connectivity index (χ0n) is 22.1. The Hall–Kier alpha value is -4.66. The predicted octanol–water partition coefficient (Wildman–Crippen LogP) is 3.88. The lowest BCUT2D eigenvalue weighted by molar-refractivity contribution is -0.145. The molecule has 4 aromatic rings. The highest BCUT2D eigenvalue weighted by Crippen LogP contribution is 2.27. The summed E-state index contributed by atoms with van der Waals surface area (Å²) in [7, 11) is 0. The van der Waals surface area contributed by atoms with Crippen LogP contribution in [0.5, 0.6) is 0 Å². The van der Waals surface area contributed by atoms with Gasteiger partial charge in [0.2, 0.25) is 0 Å². The van der Waals surface area contributed by atoms with Gasteiger partial charge in [-0.1, -0.05) is 11.6 Å². The molecule has 41 heavy (non-hydrogen) atoms. The van der Waals surface area contributed by atoms with Crippen molar-refractivity contribution in [2.45, 2.75) is 46.5 Å². The average molecular weight is 590 g/mol. The summed E-state index contributed by atoms with van der Waals surface area (Å²) in [5.74, 6) is -2.90. The van der Waals surface area contributed by atoms with Gasteiger partial charge in [-0.05, 0) is 68.8 Å². The number of hydrogen-bond donors (Lipinski definition) is 2. The summed E-state index contributed by atoms with van der Waals surface area (Å²) >= 11 is 6.30. The standard InChI is InChI=1S/C25H23ClF3N9O3/c1-12(2)31-22(40)17-9-15(14(4)39)8-13(3)20(17)32-23(41)19-10-16(11-37-35-24(33-36-37)25(27,28)29)34-38(19)21-18(26)6-5-7-30-21/h5-10,12H,11H2,1-4H3,(H,31,40)(H,32,41). The Labute approximate surface area is 235 Å². The van der Waals surface area contributed by atoms with Crippen LogP contribution < -0.4 is 10.6 Å². The molecule has 0 fully saturated rings. The highest BCUT2D eigenvalue weighted by molar-refractivity contribution is 6.32. The summed E-state index contributed by atoms with van der Waals surface area (Å²) in [5.41, 5.74) is 0.902. The number of amides is 2. The van der Waals surface area contributed by atoms with Crippen LogP contribution in [0.4, 0.5) is 18.9 Å². The predicted molar refractivity (Wildman–Crippen MR) is 140 cm³/mol. The highest BCUT2D eigenvalue weighted by Gasteiger charge is 2.37. The molecule has 0 aliphatic heterocycles. The normalized spacial score (nSPS) is 11.5. The number of nitrogens with zero attached hydrogens (tertiary/aromatic N) is 7. The topological polar surface area (TPSA) is 150 Å². The number of anilines is 1. The maximum Gasteiger partial charge on any atom is 0.455 e. The fraction of sp³-hybridized carbons (Fsp3) is 0.280. The minimum Gasteiger partial charge on any atom is -0.350 e. The molecule has 0 unspecified atom stereocenters. The Balaban J connectivity index is 1.76. The Kier molecular flexibility index (Phi) is 8.19. The number of rotatable bonds is 8. The molecule has 0 spiro atoms. The molecule has 214 valence electrons. The van der Waals surface area contributed by atoms with E-state index in [1.165, 1.54) is 37.4 Å². The number of Topliss-reactive ketones (excluding diaryl/α,β-unsaturated/α-hetero) is 1. The number of hydrogen-bond acceptors (Lipinski definition) is 8. The molecule has 0 bridgehead atoms. The Morgan fingerprint density at radius 1 is 1.10 bits per heavy atom. The molecule has 0 atom stereocenters. The van der Waals surface area contributed by atoms with Gasteiger partial charge in [0.1, 0.15) is 12.2 Å². The molecular formula is C25H23ClF3N9O3. The van der Waals surface area contributed by atoms with E-state index in [1.807, 2.05) is 0 Å². The van der Waals surface area contributed by atoms with Crippen molar-refractivity contribution in [2.75, 3.05) is 5.32 Å². The third-order valence-electron chi connectivity index (χ3n) is 5.59. The summed E-state index contributed by atoms with van der Waals surface area (Å²) in [4.78, 5) is 43.6. The fourth-order valence-electron chi connectivity index (χ4n) is 3.79. The number of carbonyl (C=O) groups excluding carboxylic acids is 3. The molecule has 2 amide bonds. The summed E-state index contributed by atoms with van der Waals surface area (Å²) in [6.45, 7) is 6.14. The van der Waals surface area contributed by atoms with Crippen molar-refractivity contribution in [3.63, 3.8) is 0 Å². The second kappa shape index (κ2) is 11.4. The van der Waals surface area contributed by atoms with Crippen LogP contribution in [-0.2, 0) is 12.7 Å². The smallest absolute Gasteiger partial charge is 0.350 e. The van der Waals surface area contributed by atoms with Gasteiger partial charge >= 0.3 is 6.18 Å². The molecule has 0 saturated heterocycles. The van der Waals surface area contributed by atoms with Gasteiger partial charge in [-0.3, -0.25) is 14.4 Å². The molecule has 16 heteroatoms. The molecule has 0 radical (unpaired) electrons. The number of alkyl halides is 3. The third-order valence-corrected chi connectivity index (χ3v) is 5.88. The van der Waals surface area contributed by atoms with Crippen molar-refractivity contribution in [1.29, 1.82) is 0 Å². The van der Waals surface area contributed by atoms with Crippen molar-refractivity contribution in [1.82, 2.24) is 40.3 Å². The Bertz CT molecular complexity index is 1650. The zero-order valence-corrected chi connectivity index (χ0v) is 22.9. The number of benzene rings is 1. The van der Waals surface area contributed by atoms with Gasteiger partial charge in [-0.25, -0.2) is 9.67 Å². The van der Waals surface area contributed by atoms with Gasteiger partial charge < -0.3 is 10.6 Å². The minimum absolute atomic E-state index is 0.0610. The number of tetrazole rings is 1. The van der Waals surface area contributed by atoms with Crippen LogP contribution in [0.25, 0.3) is 5.82 Å². The molecule has 0 aliphatic rings. The highest BCUT2D eigenvalue weighted by atomic mass is 35.5. The van der Waals surface area contributed by atoms with Crippen LogP contribution in [0.15, 0.2) is 36.5 Å². The van der Waals surface area contributed by atoms with Crippen LogP contribution in [-0.4, -0.2) is 58.6 Å². The van der Waals surface area contributed by atoms with E-state index in [2.05, 4.69) is 36.1 Å². The van der Waals surface area contributed by atoms with Crippen LogP contribution in [0.2, 0.25) is 5.02 Å². The van der Waals surface area contributed by atoms with Crippen LogP contribution in [0.3, 0.4) is 0 Å². The molecule has 12 nitrogen and oxygen atoms in total. The number of carbonyl (C=O) groups is 3. The molecular weight excluding hydrogens is 567 g/mol. The number of aromatic nitrogens is 7. The van der Waals surface area contributed by atoms with Crippen molar-refractivity contribution < 1.29 is 27.6 Å². The second-order valence-corrected chi connectivity index (χ2v) is 9.64. The average Bonchev–Trinajstić information content (AvgIpc) is 3.52. The van der Waals surface area contributed by atoms with Gasteiger partial charge in [-0.2, -0.15) is 23.1 Å². The summed E-state index contributed by atoms with van der Waals surface area (Å²) < 4.78 is 39.9. The molecule has 3 heterocycles. The van der Waals surface area contributed by atoms with Gasteiger partial charge in [0.25, 0.3) is 17.6 Å². The molecule has 4 rings (SSSR count).